The molecule has 27 heavy (non-hydrogen) atoms. The standard InChI is InChI=1S/C20H31N3O4/c1-26-13-14-27-17-6-4-5-16(15-17)21-20(25)23-11-9-22(10-12-23)18-7-2-3-8-19(18)24/h4-6,15,18-19,24H,2-3,7-14H2,1H3,(H,21,25)/t18-,19-/m1/s1. The Labute approximate surface area is 161 Å². The summed E-state index contributed by atoms with van der Waals surface area (Å²) in [4.78, 5) is 16.8. The molecule has 2 atom stereocenters. The van der Waals surface area contributed by atoms with Crippen LogP contribution in [0, 0.1) is 0 Å². The molecule has 1 heterocycles. The molecular formula is C20H31N3O4. The van der Waals surface area contributed by atoms with Gasteiger partial charge in [0.1, 0.15) is 12.4 Å². The van der Waals surface area contributed by atoms with Crippen molar-refractivity contribution >= 4 is 11.7 Å². The number of amides is 2. The summed E-state index contributed by atoms with van der Waals surface area (Å²) in [6.45, 7) is 3.99. The summed E-state index contributed by atoms with van der Waals surface area (Å²) in [7, 11) is 1.63. The van der Waals surface area contributed by atoms with Gasteiger partial charge in [-0.25, -0.2) is 4.79 Å². The van der Waals surface area contributed by atoms with E-state index in [0.717, 1.165) is 38.0 Å². The first-order valence-corrected chi connectivity index (χ1v) is 9.87. The van der Waals surface area contributed by atoms with Crippen LogP contribution in [0.5, 0.6) is 5.75 Å². The average molecular weight is 377 g/mol. The number of hydrogen-bond donors (Lipinski definition) is 2. The number of nitrogens with one attached hydrogen (secondary N) is 1. The minimum Gasteiger partial charge on any atom is -0.491 e. The van der Waals surface area contributed by atoms with E-state index in [1.165, 1.54) is 6.42 Å². The molecule has 0 radical (unpaired) electrons. The summed E-state index contributed by atoms with van der Waals surface area (Å²) in [5, 5.41) is 13.2. The molecule has 1 saturated carbocycles. The largest absolute Gasteiger partial charge is 0.491 e. The number of anilines is 1. The van der Waals surface area contributed by atoms with Gasteiger partial charge >= 0.3 is 6.03 Å². The minimum absolute atomic E-state index is 0.0899. The van der Waals surface area contributed by atoms with Crippen LogP contribution in [-0.4, -0.2) is 79.6 Å². The lowest BCUT2D eigenvalue weighted by Crippen LogP contribution is -2.56. The Kier molecular flexibility index (Phi) is 7.32. The predicted molar refractivity (Wildman–Crippen MR) is 104 cm³/mol. The van der Waals surface area contributed by atoms with Gasteiger partial charge in [0.2, 0.25) is 0 Å². The molecule has 7 nitrogen and oxygen atoms in total. The molecule has 0 unspecified atom stereocenters. The van der Waals surface area contributed by atoms with Crippen LogP contribution in [0.15, 0.2) is 24.3 Å². The van der Waals surface area contributed by atoms with Gasteiger partial charge in [-0.3, -0.25) is 4.90 Å². The zero-order valence-corrected chi connectivity index (χ0v) is 16.1. The fraction of sp³-hybridized carbons (Fsp3) is 0.650. The molecule has 7 heteroatoms. The Morgan fingerprint density at radius 2 is 1.96 bits per heavy atom. The number of urea groups is 1. The Hall–Kier alpha value is -1.83. The van der Waals surface area contributed by atoms with E-state index in [1.807, 2.05) is 29.2 Å². The fourth-order valence-electron chi connectivity index (χ4n) is 3.88. The maximum absolute atomic E-state index is 12.6. The van der Waals surface area contributed by atoms with Gasteiger partial charge in [0.05, 0.1) is 12.7 Å². The van der Waals surface area contributed by atoms with E-state index in [0.29, 0.717) is 32.1 Å². The first-order valence-electron chi connectivity index (χ1n) is 9.87. The van der Waals surface area contributed by atoms with Crippen LogP contribution in [0.3, 0.4) is 0 Å². The van der Waals surface area contributed by atoms with Crippen molar-refractivity contribution < 1.29 is 19.4 Å². The molecule has 2 aliphatic rings. The molecule has 2 fully saturated rings. The van der Waals surface area contributed by atoms with Gasteiger partial charge in [-0.2, -0.15) is 0 Å². The lowest BCUT2D eigenvalue weighted by atomic mass is 9.91. The molecule has 2 N–H and O–H groups in total. The molecule has 1 aliphatic heterocycles. The summed E-state index contributed by atoms with van der Waals surface area (Å²) in [6.07, 6.45) is 4.04. The van der Waals surface area contributed by atoms with Gasteiger partial charge in [0, 0.05) is 51.1 Å². The number of hydrogen-bond acceptors (Lipinski definition) is 5. The number of piperazine rings is 1. The summed E-state index contributed by atoms with van der Waals surface area (Å²) in [6, 6.07) is 7.57. The number of nitrogens with zero attached hydrogens (tertiary/aromatic N) is 2. The highest BCUT2D eigenvalue weighted by molar-refractivity contribution is 5.89. The van der Waals surface area contributed by atoms with Crippen molar-refractivity contribution in [1.29, 1.82) is 0 Å². The second-order valence-corrected chi connectivity index (χ2v) is 7.24. The van der Waals surface area contributed by atoms with Crippen molar-refractivity contribution in [3.63, 3.8) is 0 Å². The second kappa shape index (κ2) is 9.92. The molecule has 1 saturated heterocycles. The quantitative estimate of drug-likeness (QED) is 0.743. The summed E-state index contributed by atoms with van der Waals surface area (Å²) in [5.74, 6) is 0.709. The first kappa shape index (κ1) is 19.9. The van der Waals surface area contributed by atoms with E-state index in [9.17, 15) is 9.90 Å². The first-order chi connectivity index (χ1) is 13.2. The molecule has 3 rings (SSSR count). The Bertz CT molecular complexity index is 605. The smallest absolute Gasteiger partial charge is 0.321 e. The third-order valence-electron chi connectivity index (χ3n) is 5.41. The Balaban J connectivity index is 1.47. The minimum atomic E-state index is -0.222. The van der Waals surface area contributed by atoms with Crippen LogP contribution in [-0.2, 0) is 4.74 Å². The predicted octanol–water partition coefficient (Wildman–Crippen LogP) is 2.16. The SMILES string of the molecule is COCCOc1cccc(NC(=O)N2CCN([C@@H]3CCCC[C@H]3O)CC2)c1. The highest BCUT2D eigenvalue weighted by atomic mass is 16.5. The van der Waals surface area contributed by atoms with E-state index in [4.69, 9.17) is 9.47 Å². The van der Waals surface area contributed by atoms with Crippen molar-refractivity contribution in [3.8, 4) is 5.75 Å². The topological polar surface area (TPSA) is 74.3 Å². The zero-order chi connectivity index (χ0) is 19.1. The molecule has 1 aromatic carbocycles. The van der Waals surface area contributed by atoms with Crippen molar-refractivity contribution in [2.45, 2.75) is 37.8 Å². The van der Waals surface area contributed by atoms with Crippen LogP contribution in [0.2, 0.25) is 0 Å². The molecule has 0 spiro atoms. The second-order valence-electron chi connectivity index (χ2n) is 7.24. The van der Waals surface area contributed by atoms with Crippen LogP contribution < -0.4 is 10.1 Å². The number of aliphatic hydroxyl groups is 1. The van der Waals surface area contributed by atoms with Crippen LogP contribution in [0.4, 0.5) is 10.5 Å². The normalized spacial score (nSPS) is 23.9. The van der Waals surface area contributed by atoms with E-state index in [1.54, 1.807) is 7.11 Å². The number of rotatable bonds is 6. The number of aliphatic hydroxyl groups excluding tert-OH is 1. The van der Waals surface area contributed by atoms with E-state index < -0.39 is 0 Å². The number of carbonyl (C=O) groups is 1. The van der Waals surface area contributed by atoms with Gasteiger partial charge in [0.15, 0.2) is 0 Å². The maximum Gasteiger partial charge on any atom is 0.321 e. The molecular weight excluding hydrogens is 346 g/mol. The van der Waals surface area contributed by atoms with Gasteiger partial charge in [-0.05, 0) is 25.0 Å². The lowest BCUT2D eigenvalue weighted by molar-refractivity contribution is 0.00275. The molecule has 2 amide bonds. The van der Waals surface area contributed by atoms with Crippen molar-refractivity contribution in [2.24, 2.45) is 0 Å². The fourth-order valence-corrected chi connectivity index (χ4v) is 3.88. The molecule has 0 bridgehead atoms. The van der Waals surface area contributed by atoms with Crippen LogP contribution in [0.1, 0.15) is 25.7 Å². The van der Waals surface area contributed by atoms with Gasteiger partial charge < -0.3 is 24.8 Å². The molecule has 150 valence electrons. The van der Waals surface area contributed by atoms with Crippen LogP contribution >= 0.6 is 0 Å². The lowest BCUT2D eigenvalue weighted by Gasteiger charge is -2.42. The molecule has 1 aliphatic carbocycles. The Morgan fingerprint density at radius 1 is 1.19 bits per heavy atom. The van der Waals surface area contributed by atoms with E-state index >= 15 is 0 Å². The van der Waals surface area contributed by atoms with Crippen molar-refractivity contribution in [3.05, 3.63) is 24.3 Å². The summed E-state index contributed by atoms with van der Waals surface area (Å²) >= 11 is 0. The summed E-state index contributed by atoms with van der Waals surface area (Å²) in [5.41, 5.74) is 0.722. The third kappa shape index (κ3) is 5.57. The van der Waals surface area contributed by atoms with Crippen molar-refractivity contribution in [1.82, 2.24) is 9.80 Å². The maximum atomic E-state index is 12.6. The monoisotopic (exact) mass is 377 g/mol. The van der Waals surface area contributed by atoms with Gasteiger partial charge in [-0.15, -0.1) is 0 Å². The molecule has 0 aromatic heterocycles. The zero-order valence-electron chi connectivity index (χ0n) is 16.1. The molecule has 1 aromatic rings. The average Bonchev–Trinajstić information content (AvgIpc) is 2.69. The third-order valence-corrected chi connectivity index (χ3v) is 5.41. The Morgan fingerprint density at radius 3 is 2.70 bits per heavy atom. The van der Waals surface area contributed by atoms with Gasteiger partial charge in [0.25, 0.3) is 0 Å². The number of ether oxygens (including phenoxy) is 2. The van der Waals surface area contributed by atoms with E-state index in [2.05, 4.69) is 10.2 Å². The number of carbonyl (C=O) groups excluding carboxylic acids is 1. The highest BCUT2D eigenvalue weighted by Gasteiger charge is 2.31. The van der Waals surface area contributed by atoms with Gasteiger partial charge in [-0.1, -0.05) is 18.9 Å². The highest BCUT2D eigenvalue weighted by Crippen LogP contribution is 2.24. The number of benzene rings is 1. The summed E-state index contributed by atoms with van der Waals surface area (Å²) < 4.78 is 10.6. The van der Waals surface area contributed by atoms with Crippen molar-refractivity contribution in [2.75, 3.05) is 51.8 Å². The number of methoxy groups -OCH3 is 1. The van der Waals surface area contributed by atoms with E-state index in [-0.39, 0.29) is 18.2 Å². The van der Waals surface area contributed by atoms with Crippen LogP contribution in [0.25, 0.3) is 0 Å².